The van der Waals surface area contributed by atoms with Gasteiger partial charge in [0.2, 0.25) is 5.91 Å². The van der Waals surface area contributed by atoms with Crippen molar-refractivity contribution < 1.29 is 18.7 Å². The minimum atomic E-state index is -0.431. The highest BCUT2D eigenvalue weighted by Crippen LogP contribution is 2.37. The van der Waals surface area contributed by atoms with Crippen molar-refractivity contribution in [2.75, 3.05) is 26.8 Å². The molecule has 0 radical (unpaired) electrons. The van der Waals surface area contributed by atoms with E-state index in [-0.39, 0.29) is 29.6 Å². The van der Waals surface area contributed by atoms with Crippen LogP contribution in [0.2, 0.25) is 5.02 Å². The zero-order valence-corrected chi connectivity index (χ0v) is 14.7. The van der Waals surface area contributed by atoms with Gasteiger partial charge in [-0.05, 0) is 37.8 Å². The van der Waals surface area contributed by atoms with Crippen molar-refractivity contribution in [3.05, 3.63) is 34.6 Å². The van der Waals surface area contributed by atoms with E-state index in [0.29, 0.717) is 18.1 Å². The summed E-state index contributed by atoms with van der Waals surface area (Å²) in [5.74, 6) is -0.527. The lowest BCUT2D eigenvalue weighted by Gasteiger charge is -2.48. The predicted octanol–water partition coefficient (Wildman–Crippen LogP) is 3.21. The normalized spacial score (nSPS) is 23.5. The van der Waals surface area contributed by atoms with Gasteiger partial charge in [0.15, 0.2) is 0 Å². The first-order valence-electron chi connectivity index (χ1n) is 8.43. The van der Waals surface area contributed by atoms with Crippen LogP contribution in [0, 0.1) is 5.82 Å². The minimum absolute atomic E-state index is 0.00687. The van der Waals surface area contributed by atoms with Crippen molar-refractivity contribution in [1.29, 1.82) is 0 Å². The molecule has 3 rings (SSSR count). The van der Waals surface area contributed by atoms with Crippen LogP contribution in [0.15, 0.2) is 18.2 Å². The fourth-order valence-corrected chi connectivity index (χ4v) is 4.03. The Morgan fingerprint density at radius 3 is 2.88 bits per heavy atom. The number of ether oxygens (including phenoxy) is 2. The summed E-state index contributed by atoms with van der Waals surface area (Å²) in [6, 6.07) is 4.48. The van der Waals surface area contributed by atoms with Crippen LogP contribution in [0.3, 0.4) is 0 Å². The van der Waals surface area contributed by atoms with Gasteiger partial charge in [0.05, 0.1) is 18.1 Å². The number of carbonyl (C=O) groups excluding carboxylic acids is 1. The van der Waals surface area contributed by atoms with Gasteiger partial charge in [-0.15, -0.1) is 0 Å². The van der Waals surface area contributed by atoms with E-state index in [1.54, 1.807) is 24.1 Å². The molecule has 0 saturated carbocycles. The van der Waals surface area contributed by atoms with E-state index in [1.165, 1.54) is 6.07 Å². The van der Waals surface area contributed by atoms with E-state index < -0.39 is 5.82 Å². The van der Waals surface area contributed by atoms with Gasteiger partial charge in [0.25, 0.3) is 0 Å². The van der Waals surface area contributed by atoms with Crippen LogP contribution in [0.1, 0.15) is 31.2 Å². The van der Waals surface area contributed by atoms with E-state index in [4.69, 9.17) is 21.1 Å². The molecule has 4 nitrogen and oxygen atoms in total. The number of hydrogen-bond donors (Lipinski definition) is 0. The fourth-order valence-electron chi connectivity index (χ4n) is 3.80. The smallest absolute Gasteiger partial charge is 0.227 e. The average Bonchev–Trinajstić information content (AvgIpc) is 2.59. The number of rotatable bonds is 3. The predicted molar refractivity (Wildman–Crippen MR) is 89.6 cm³/mol. The van der Waals surface area contributed by atoms with Gasteiger partial charge >= 0.3 is 0 Å². The molecule has 0 aromatic heterocycles. The van der Waals surface area contributed by atoms with Gasteiger partial charge in [0, 0.05) is 37.4 Å². The highest BCUT2D eigenvalue weighted by atomic mass is 35.5. The van der Waals surface area contributed by atoms with Gasteiger partial charge in [-0.1, -0.05) is 17.7 Å². The van der Waals surface area contributed by atoms with E-state index in [9.17, 15) is 9.18 Å². The van der Waals surface area contributed by atoms with Gasteiger partial charge in [0.1, 0.15) is 5.82 Å². The third-order valence-corrected chi connectivity index (χ3v) is 5.58. The van der Waals surface area contributed by atoms with Gasteiger partial charge in [-0.3, -0.25) is 4.79 Å². The Morgan fingerprint density at radius 1 is 1.46 bits per heavy atom. The third-order valence-electron chi connectivity index (χ3n) is 5.22. The summed E-state index contributed by atoms with van der Waals surface area (Å²) in [6.45, 7) is 1.95. The summed E-state index contributed by atoms with van der Waals surface area (Å²) < 4.78 is 25.5. The van der Waals surface area contributed by atoms with E-state index >= 15 is 0 Å². The zero-order chi connectivity index (χ0) is 17.2. The van der Waals surface area contributed by atoms with Crippen LogP contribution in [0.25, 0.3) is 0 Å². The number of methoxy groups -OCH3 is 1. The molecule has 2 aliphatic rings. The van der Waals surface area contributed by atoms with Crippen LogP contribution in [0.4, 0.5) is 4.39 Å². The van der Waals surface area contributed by atoms with Crippen molar-refractivity contribution >= 4 is 17.5 Å². The number of piperidine rings is 1. The molecule has 2 saturated heterocycles. The Labute approximate surface area is 146 Å². The lowest BCUT2D eigenvalue weighted by Crippen LogP contribution is -2.56. The molecule has 2 fully saturated rings. The second kappa shape index (κ2) is 7.38. The topological polar surface area (TPSA) is 38.8 Å². The van der Waals surface area contributed by atoms with Crippen molar-refractivity contribution in [2.45, 2.75) is 43.8 Å². The first-order valence-corrected chi connectivity index (χ1v) is 8.81. The molecule has 0 N–H and O–H groups in total. The number of likely N-dealkylation sites (tertiary alicyclic amines) is 1. The summed E-state index contributed by atoms with van der Waals surface area (Å²) in [5, 5.41) is 0.298. The molecule has 2 aliphatic heterocycles. The molecule has 24 heavy (non-hydrogen) atoms. The van der Waals surface area contributed by atoms with Gasteiger partial charge < -0.3 is 14.4 Å². The number of amides is 1. The molecule has 1 aromatic rings. The Balaban J connectivity index is 1.63. The summed E-state index contributed by atoms with van der Waals surface area (Å²) in [7, 11) is 1.72. The number of carbonyl (C=O) groups is 1. The second-order valence-corrected chi connectivity index (χ2v) is 6.94. The lowest BCUT2D eigenvalue weighted by atomic mass is 9.81. The van der Waals surface area contributed by atoms with Crippen molar-refractivity contribution in [2.24, 2.45) is 0 Å². The molecular weight excluding hydrogens is 333 g/mol. The fraction of sp³-hybridized carbons (Fsp3) is 0.611. The van der Waals surface area contributed by atoms with Crippen LogP contribution < -0.4 is 0 Å². The molecule has 0 bridgehead atoms. The maximum Gasteiger partial charge on any atom is 0.227 e. The Bertz CT molecular complexity index is 582. The molecule has 1 aromatic carbocycles. The molecule has 0 aliphatic carbocycles. The zero-order valence-electron chi connectivity index (χ0n) is 13.9. The maximum absolute atomic E-state index is 13.9. The molecule has 1 spiro atoms. The summed E-state index contributed by atoms with van der Waals surface area (Å²) in [5.41, 5.74) is -0.00693. The molecule has 6 heteroatoms. The molecule has 2 heterocycles. The monoisotopic (exact) mass is 355 g/mol. The van der Waals surface area contributed by atoms with E-state index in [2.05, 4.69) is 0 Å². The second-order valence-electron chi connectivity index (χ2n) is 6.54. The maximum atomic E-state index is 13.9. The van der Waals surface area contributed by atoms with Crippen LogP contribution in [-0.2, 0) is 20.7 Å². The standard InChI is InChI=1S/C18H23ClFNO3/c1-23-16-6-3-11-24-18(16)7-9-21(10-8-18)17(22)12-13-14(19)4-2-5-15(13)20/h2,4-5,16H,3,6-12H2,1H3/t16-/m0/s1. The Morgan fingerprint density at radius 2 is 2.21 bits per heavy atom. The molecule has 0 unspecified atom stereocenters. The van der Waals surface area contributed by atoms with Crippen molar-refractivity contribution in [3.63, 3.8) is 0 Å². The largest absolute Gasteiger partial charge is 0.378 e. The number of hydrogen-bond acceptors (Lipinski definition) is 3. The van der Waals surface area contributed by atoms with Crippen molar-refractivity contribution in [3.8, 4) is 0 Å². The average molecular weight is 356 g/mol. The summed E-state index contributed by atoms with van der Waals surface area (Å²) in [4.78, 5) is 14.3. The molecule has 1 atom stereocenters. The SMILES string of the molecule is CO[C@H]1CCCOC12CCN(C(=O)Cc1c(F)cccc1Cl)CC2. The van der Waals surface area contributed by atoms with Gasteiger partial charge in [-0.2, -0.15) is 0 Å². The highest BCUT2D eigenvalue weighted by molar-refractivity contribution is 6.31. The van der Waals surface area contributed by atoms with Gasteiger partial charge in [-0.25, -0.2) is 4.39 Å². The summed E-state index contributed by atoms with van der Waals surface area (Å²) in [6.07, 6.45) is 3.59. The molecular formula is C18H23ClFNO3. The van der Waals surface area contributed by atoms with Crippen LogP contribution >= 0.6 is 11.6 Å². The quantitative estimate of drug-likeness (QED) is 0.835. The minimum Gasteiger partial charge on any atom is -0.378 e. The Hall–Kier alpha value is -1.17. The number of halogens is 2. The van der Waals surface area contributed by atoms with Crippen LogP contribution in [-0.4, -0.2) is 49.3 Å². The van der Waals surface area contributed by atoms with E-state index in [0.717, 1.165) is 32.3 Å². The number of benzene rings is 1. The molecule has 1 amide bonds. The first kappa shape index (κ1) is 17.6. The lowest BCUT2D eigenvalue weighted by molar-refractivity contribution is -0.188. The van der Waals surface area contributed by atoms with E-state index in [1.807, 2.05) is 0 Å². The highest BCUT2D eigenvalue weighted by Gasteiger charge is 2.45. The van der Waals surface area contributed by atoms with Crippen LogP contribution in [0.5, 0.6) is 0 Å². The summed E-state index contributed by atoms with van der Waals surface area (Å²) >= 11 is 6.02. The number of nitrogens with zero attached hydrogens (tertiary/aromatic N) is 1. The van der Waals surface area contributed by atoms with Crippen molar-refractivity contribution in [1.82, 2.24) is 4.90 Å². The third kappa shape index (κ3) is 3.44. The Kier molecular flexibility index (Phi) is 5.42. The first-order chi connectivity index (χ1) is 11.6. The molecule has 132 valence electrons.